The van der Waals surface area contributed by atoms with Gasteiger partial charge in [-0.25, -0.2) is 0 Å². The molecule has 4 heteroatoms. The Morgan fingerprint density at radius 2 is 2.31 bits per heavy atom. The lowest BCUT2D eigenvalue weighted by atomic mass is 10.1. The summed E-state index contributed by atoms with van der Waals surface area (Å²) in [4.78, 5) is 10.7. The van der Waals surface area contributed by atoms with Crippen molar-refractivity contribution in [3.05, 3.63) is 27.7 Å². The quantitative estimate of drug-likeness (QED) is 0.618. The van der Waals surface area contributed by atoms with Gasteiger partial charge in [0.15, 0.2) is 12.4 Å². The number of hydrogen-bond donors (Lipinski definition) is 0. The van der Waals surface area contributed by atoms with Crippen LogP contribution in [0.3, 0.4) is 0 Å². The molecule has 0 heterocycles. The smallest absolute Gasteiger partial charge is 0.162 e. The Bertz CT molecular complexity index is 326. The van der Waals surface area contributed by atoms with Crippen LogP contribution in [0.4, 0.5) is 0 Å². The fraction of sp³-hybridized carbons (Fsp3) is 0.222. The standard InChI is InChI=1S/C9H8BrClO2/c1-6-2-7(4-12)9(13-5-11)8(10)3-6/h2-4H,5H2,1H3. The molecule has 0 aliphatic rings. The number of benzene rings is 1. The van der Waals surface area contributed by atoms with E-state index in [-0.39, 0.29) is 6.07 Å². The van der Waals surface area contributed by atoms with Crippen LogP contribution in [0.15, 0.2) is 16.6 Å². The fourth-order valence-corrected chi connectivity index (χ4v) is 1.86. The second kappa shape index (κ2) is 4.63. The molecular formula is C9H8BrClO2. The highest BCUT2D eigenvalue weighted by Gasteiger charge is 2.08. The highest BCUT2D eigenvalue weighted by Crippen LogP contribution is 2.29. The molecule has 0 aliphatic carbocycles. The van der Waals surface area contributed by atoms with Crippen molar-refractivity contribution in [2.24, 2.45) is 0 Å². The highest BCUT2D eigenvalue weighted by molar-refractivity contribution is 9.10. The Morgan fingerprint density at radius 1 is 1.62 bits per heavy atom. The van der Waals surface area contributed by atoms with E-state index in [0.717, 1.165) is 16.3 Å². The van der Waals surface area contributed by atoms with Gasteiger partial charge in [0.2, 0.25) is 0 Å². The van der Waals surface area contributed by atoms with Gasteiger partial charge in [-0.1, -0.05) is 11.6 Å². The van der Waals surface area contributed by atoms with Crippen LogP contribution >= 0.6 is 27.5 Å². The molecule has 0 unspecified atom stereocenters. The third-order valence-corrected chi connectivity index (χ3v) is 2.24. The van der Waals surface area contributed by atoms with Gasteiger partial charge in [0, 0.05) is 0 Å². The van der Waals surface area contributed by atoms with E-state index in [1.54, 1.807) is 6.07 Å². The van der Waals surface area contributed by atoms with Crippen LogP contribution in [-0.4, -0.2) is 12.4 Å². The maximum Gasteiger partial charge on any atom is 0.162 e. The first kappa shape index (κ1) is 10.5. The van der Waals surface area contributed by atoms with Crippen molar-refractivity contribution in [2.45, 2.75) is 6.92 Å². The van der Waals surface area contributed by atoms with E-state index in [4.69, 9.17) is 16.3 Å². The monoisotopic (exact) mass is 262 g/mol. The summed E-state index contributed by atoms with van der Waals surface area (Å²) >= 11 is 8.71. The van der Waals surface area contributed by atoms with Crippen LogP contribution in [0.2, 0.25) is 0 Å². The first-order valence-electron chi connectivity index (χ1n) is 3.63. The van der Waals surface area contributed by atoms with Crippen LogP contribution in [0.5, 0.6) is 5.75 Å². The average molecular weight is 264 g/mol. The van der Waals surface area contributed by atoms with E-state index < -0.39 is 0 Å². The molecule has 1 aromatic carbocycles. The molecule has 0 atom stereocenters. The first-order valence-corrected chi connectivity index (χ1v) is 4.96. The van der Waals surface area contributed by atoms with E-state index in [1.807, 2.05) is 13.0 Å². The molecular weight excluding hydrogens is 255 g/mol. The highest BCUT2D eigenvalue weighted by atomic mass is 79.9. The Morgan fingerprint density at radius 3 is 2.85 bits per heavy atom. The Kier molecular flexibility index (Phi) is 3.75. The maximum atomic E-state index is 10.7. The Hall–Kier alpha value is -0.540. The van der Waals surface area contributed by atoms with E-state index in [9.17, 15) is 4.79 Å². The summed E-state index contributed by atoms with van der Waals surface area (Å²) < 4.78 is 5.85. The van der Waals surface area contributed by atoms with Gasteiger partial charge in [-0.3, -0.25) is 4.79 Å². The summed E-state index contributed by atoms with van der Waals surface area (Å²) in [5.41, 5.74) is 1.50. The summed E-state index contributed by atoms with van der Waals surface area (Å²) in [6.07, 6.45) is 0.750. The maximum absolute atomic E-state index is 10.7. The summed E-state index contributed by atoms with van der Waals surface area (Å²) in [6.45, 7) is 1.90. The number of ether oxygens (including phenoxy) is 1. The van der Waals surface area contributed by atoms with E-state index >= 15 is 0 Å². The third-order valence-electron chi connectivity index (χ3n) is 1.54. The minimum absolute atomic E-state index is 0.0303. The fourth-order valence-electron chi connectivity index (χ4n) is 1.05. The molecule has 0 N–H and O–H groups in total. The van der Waals surface area contributed by atoms with Crippen LogP contribution in [-0.2, 0) is 0 Å². The van der Waals surface area contributed by atoms with Crippen molar-refractivity contribution in [3.8, 4) is 5.75 Å². The van der Waals surface area contributed by atoms with Gasteiger partial charge >= 0.3 is 0 Å². The van der Waals surface area contributed by atoms with Gasteiger partial charge in [-0.2, -0.15) is 0 Å². The summed E-state index contributed by atoms with van der Waals surface area (Å²) in [5, 5.41) is 0. The molecule has 0 aliphatic heterocycles. The molecule has 1 aromatic rings. The third kappa shape index (κ3) is 2.45. The predicted molar refractivity (Wildman–Crippen MR) is 55.6 cm³/mol. The SMILES string of the molecule is Cc1cc(Br)c(OCCl)c(C=O)c1. The Balaban J connectivity index is 3.21. The molecule has 1 rings (SSSR count). The second-order valence-corrected chi connectivity index (χ2v) is 3.61. The van der Waals surface area contributed by atoms with E-state index in [2.05, 4.69) is 15.9 Å². The summed E-state index contributed by atoms with van der Waals surface area (Å²) in [5.74, 6) is 0.496. The number of aryl methyl sites for hydroxylation is 1. The number of aldehydes is 1. The molecule has 0 spiro atoms. The van der Waals surface area contributed by atoms with Crippen molar-refractivity contribution >= 4 is 33.8 Å². The van der Waals surface area contributed by atoms with Crippen molar-refractivity contribution in [1.82, 2.24) is 0 Å². The molecule has 0 bridgehead atoms. The number of alkyl halides is 1. The predicted octanol–water partition coefficient (Wildman–Crippen LogP) is 3.15. The number of carbonyl (C=O) groups is 1. The number of halogens is 2. The largest absolute Gasteiger partial charge is 0.476 e. The van der Waals surface area contributed by atoms with Gasteiger partial charge in [0.1, 0.15) is 5.75 Å². The normalized spacial score (nSPS) is 9.77. The summed E-state index contributed by atoms with van der Waals surface area (Å²) in [7, 11) is 0. The molecule has 0 aromatic heterocycles. The van der Waals surface area contributed by atoms with Crippen LogP contribution in [0, 0.1) is 6.92 Å². The minimum Gasteiger partial charge on any atom is -0.476 e. The molecule has 0 radical (unpaired) electrons. The zero-order valence-corrected chi connectivity index (χ0v) is 9.35. The Labute approximate surface area is 90.0 Å². The van der Waals surface area contributed by atoms with Crippen molar-refractivity contribution < 1.29 is 9.53 Å². The lowest BCUT2D eigenvalue weighted by Crippen LogP contribution is -1.96. The van der Waals surface area contributed by atoms with E-state index in [0.29, 0.717) is 11.3 Å². The van der Waals surface area contributed by atoms with Crippen LogP contribution < -0.4 is 4.74 Å². The number of carbonyl (C=O) groups excluding carboxylic acids is 1. The first-order chi connectivity index (χ1) is 6.19. The van der Waals surface area contributed by atoms with Crippen LogP contribution in [0.1, 0.15) is 15.9 Å². The number of rotatable bonds is 3. The molecule has 2 nitrogen and oxygen atoms in total. The summed E-state index contributed by atoms with van der Waals surface area (Å²) in [6, 6.07) is 3.65. The molecule has 0 saturated heterocycles. The molecule has 0 fully saturated rings. The minimum atomic E-state index is 0.0303. The van der Waals surface area contributed by atoms with Gasteiger partial charge < -0.3 is 4.74 Å². The topological polar surface area (TPSA) is 26.3 Å². The zero-order valence-electron chi connectivity index (χ0n) is 7.01. The lowest BCUT2D eigenvalue weighted by Gasteiger charge is -2.08. The lowest BCUT2D eigenvalue weighted by molar-refractivity contribution is 0.112. The molecule has 0 amide bonds. The van der Waals surface area contributed by atoms with Crippen molar-refractivity contribution in [3.63, 3.8) is 0 Å². The molecule has 13 heavy (non-hydrogen) atoms. The average Bonchev–Trinajstić information content (AvgIpc) is 2.09. The molecule has 70 valence electrons. The van der Waals surface area contributed by atoms with E-state index in [1.165, 1.54) is 0 Å². The van der Waals surface area contributed by atoms with Crippen molar-refractivity contribution in [1.29, 1.82) is 0 Å². The second-order valence-electron chi connectivity index (χ2n) is 2.54. The van der Waals surface area contributed by atoms with Gasteiger partial charge in [-0.05, 0) is 40.5 Å². The molecule has 0 saturated carbocycles. The number of hydrogen-bond acceptors (Lipinski definition) is 2. The van der Waals surface area contributed by atoms with Crippen molar-refractivity contribution in [2.75, 3.05) is 6.07 Å². The van der Waals surface area contributed by atoms with Gasteiger partial charge in [0.05, 0.1) is 10.0 Å². The van der Waals surface area contributed by atoms with Gasteiger partial charge in [-0.15, -0.1) is 0 Å². The van der Waals surface area contributed by atoms with Crippen LogP contribution in [0.25, 0.3) is 0 Å². The zero-order chi connectivity index (χ0) is 9.84. The van der Waals surface area contributed by atoms with Gasteiger partial charge in [0.25, 0.3) is 0 Å².